The van der Waals surface area contributed by atoms with E-state index in [0.717, 1.165) is 56.7 Å². The van der Waals surface area contributed by atoms with Crippen LogP contribution in [0.5, 0.6) is 0 Å². The van der Waals surface area contributed by atoms with Gasteiger partial charge in [0.25, 0.3) is 0 Å². The van der Waals surface area contributed by atoms with E-state index in [1.54, 1.807) is 0 Å². The number of rotatable bonds is 6. The van der Waals surface area contributed by atoms with Gasteiger partial charge in [-0.15, -0.1) is 0 Å². The third kappa shape index (κ3) is 4.72. The Hall–Kier alpha value is -1.56. The molecule has 0 amide bonds. The summed E-state index contributed by atoms with van der Waals surface area (Å²) in [4.78, 5) is 4.81. The molecule has 1 aliphatic rings. The molecule has 0 radical (unpaired) electrons. The van der Waals surface area contributed by atoms with E-state index in [0.29, 0.717) is 12.6 Å². The molecule has 0 saturated heterocycles. The third-order valence-corrected chi connectivity index (χ3v) is 4.80. The average molecular weight is 335 g/mol. The number of hydrogen-bond donors (Lipinski definition) is 3. The molecular weight excluding hydrogens is 302 g/mol. The molecule has 6 nitrogen and oxygen atoms in total. The molecule has 0 aromatic carbocycles. The van der Waals surface area contributed by atoms with Crippen molar-refractivity contribution in [2.45, 2.75) is 78.0 Å². The molecular formula is C18H33N5O. The number of hydrogen-bond acceptors (Lipinski definition) is 3. The van der Waals surface area contributed by atoms with Gasteiger partial charge in [0.1, 0.15) is 0 Å². The highest BCUT2D eigenvalue weighted by molar-refractivity contribution is 5.80. The molecule has 136 valence electrons. The van der Waals surface area contributed by atoms with Crippen molar-refractivity contribution in [3.63, 3.8) is 0 Å². The van der Waals surface area contributed by atoms with Gasteiger partial charge in [-0.05, 0) is 45.4 Å². The van der Waals surface area contributed by atoms with Crippen LogP contribution in [-0.2, 0) is 26.4 Å². The minimum absolute atomic E-state index is 0.128. The van der Waals surface area contributed by atoms with E-state index in [9.17, 15) is 5.11 Å². The van der Waals surface area contributed by atoms with Crippen molar-refractivity contribution < 1.29 is 5.11 Å². The van der Waals surface area contributed by atoms with Crippen molar-refractivity contribution in [3.05, 3.63) is 17.0 Å². The number of aromatic nitrogens is 2. The second-order valence-corrected chi connectivity index (χ2v) is 6.55. The molecule has 1 aromatic heterocycles. The second-order valence-electron chi connectivity index (χ2n) is 6.55. The predicted molar refractivity (Wildman–Crippen MR) is 98.2 cm³/mol. The summed E-state index contributed by atoms with van der Waals surface area (Å²) in [5.74, 6) is 0.867. The van der Waals surface area contributed by atoms with Crippen LogP contribution in [0.1, 0.15) is 63.4 Å². The average Bonchev–Trinajstić information content (AvgIpc) is 2.89. The molecule has 1 aromatic rings. The summed E-state index contributed by atoms with van der Waals surface area (Å²) < 4.78 is 1.99. The highest BCUT2D eigenvalue weighted by atomic mass is 16.3. The van der Waals surface area contributed by atoms with Crippen molar-refractivity contribution >= 4 is 5.96 Å². The Labute approximate surface area is 145 Å². The number of aryl methyl sites for hydroxylation is 2. The van der Waals surface area contributed by atoms with Crippen LogP contribution in [0.3, 0.4) is 0 Å². The lowest BCUT2D eigenvalue weighted by Gasteiger charge is -2.27. The zero-order chi connectivity index (χ0) is 17.5. The first-order chi connectivity index (χ1) is 11.6. The minimum Gasteiger partial charge on any atom is -0.393 e. The molecule has 3 N–H and O–H groups in total. The molecule has 1 fully saturated rings. The Morgan fingerprint density at radius 2 is 1.92 bits per heavy atom. The lowest BCUT2D eigenvalue weighted by atomic mass is 9.93. The molecule has 1 saturated carbocycles. The van der Waals surface area contributed by atoms with E-state index >= 15 is 0 Å². The molecule has 24 heavy (non-hydrogen) atoms. The second kappa shape index (κ2) is 9.06. The molecule has 0 atom stereocenters. The topological polar surface area (TPSA) is 74.5 Å². The maximum Gasteiger partial charge on any atom is 0.191 e. The summed E-state index contributed by atoms with van der Waals surface area (Å²) in [6.45, 7) is 7.90. The van der Waals surface area contributed by atoms with Gasteiger partial charge in [-0.2, -0.15) is 5.10 Å². The maximum absolute atomic E-state index is 9.65. The van der Waals surface area contributed by atoms with Gasteiger partial charge < -0.3 is 15.7 Å². The number of nitrogens with one attached hydrogen (secondary N) is 2. The quantitative estimate of drug-likeness (QED) is 0.548. The number of nitrogens with zero attached hydrogens (tertiary/aromatic N) is 3. The Kier molecular flexibility index (Phi) is 7.09. The van der Waals surface area contributed by atoms with Crippen molar-refractivity contribution in [2.24, 2.45) is 12.0 Å². The Morgan fingerprint density at radius 3 is 2.50 bits per heavy atom. The number of aliphatic hydroxyl groups excluding tert-OH is 1. The fraction of sp³-hybridized carbons (Fsp3) is 0.778. The Bertz CT molecular complexity index is 544. The van der Waals surface area contributed by atoms with Crippen LogP contribution >= 0.6 is 0 Å². The van der Waals surface area contributed by atoms with Crippen molar-refractivity contribution in [1.29, 1.82) is 0 Å². The van der Waals surface area contributed by atoms with Gasteiger partial charge in [0.05, 0.1) is 18.3 Å². The molecule has 0 spiro atoms. The van der Waals surface area contributed by atoms with Gasteiger partial charge in [0.2, 0.25) is 0 Å². The lowest BCUT2D eigenvalue weighted by Crippen LogP contribution is -2.45. The van der Waals surface area contributed by atoms with Crippen LogP contribution in [0.2, 0.25) is 0 Å². The van der Waals surface area contributed by atoms with E-state index in [1.807, 2.05) is 11.7 Å². The van der Waals surface area contributed by atoms with Gasteiger partial charge in [0, 0.05) is 30.9 Å². The maximum atomic E-state index is 9.65. The monoisotopic (exact) mass is 335 g/mol. The molecule has 1 heterocycles. The van der Waals surface area contributed by atoms with E-state index < -0.39 is 0 Å². The van der Waals surface area contributed by atoms with E-state index in [2.05, 4.69) is 36.5 Å². The van der Waals surface area contributed by atoms with Crippen molar-refractivity contribution in [2.75, 3.05) is 6.54 Å². The van der Waals surface area contributed by atoms with Crippen LogP contribution in [0.15, 0.2) is 4.99 Å². The van der Waals surface area contributed by atoms with Gasteiger partial charge in [0.15, 0.2) is 5.96 Å². The van der Waals surface area contributed by atoms with Crippen molar-refractivity contribution in [1.82, 2.24) is 20.4 Å². The van der Waals surface area contributed by atoms with E-state index in [4.69, 9.17) is 4.99 Å². The summed E-state index contributed by atoms with van der Waals surface area (Å²) in [5, 5.41) is 21.2. The van der Waals surface area contributed by atoms with Gasteiger partial charge in [-0.1, -0.05) is 13.8 Å². The van der Waals surface area contributed by atoms with Crippen LogP contribution in [0, 0.1) is 0 Å². The van der Waals surface area contributed by atoms with Crippen LogP contribution in [0.25, 0.3) is 0 Å². The van der Waals surface area contributed by atoms with Gasteiger partial charge in [-0.25, -0.2) is 4.99 Å². The van der Waals surface area contributed by atoms with Crippen molar-refractivity contribution in [3.8, 4) is 0 Å². The molecule has 6 heteroatoms. The van der Waals surface area contributed by atoms with Crippen LogP contribution in [0.4, 0.5) is 0 Å². The normalized spacial score (nSPS) is 21.8. The minimum atomic E-state index is -0.128. The number of guanidine groups is 1. The molecule has 1 aliphatic carbocycles. The van der Waals surface area contributed by atoms with Crippen LogP contribution in [-0.4, -0.2) is 39.5 Å². The van der Waals surface area contributed by atoms with Gasteiger partial charge >= 0.3 is 0 Å². The fourth-order valence-corrected chi connectivity index (χ4v) is 3.46. The highest BCUT2D eigenvalue weighted by Gasteiger charge is 2.20. The fourth-order valence-electron chi connectivity index (χ4n) is 3.46. The van der Waals surface area contributed by atoms with Gasteiger partial charge in [-0.3, -0.25) is 4.68 Å². The first-order valence-corrected chi connectivity index (χ1v) is 9.35. The molecule has 0 aliphatic heterocycles. The number of aliphatic imine (C=N–C) groups is 1. The highest BCUT2D eigenvalue weighted by Crippen LogP contribution is 2.19. The number of aliphatic hydroxyl groups is 1. The summed E-state index contributed by atoms with van der Waals surface area (Å²) >= 11 is 0. The summed E-state index contributed by atoms with van der Waals surface area (Å²) in [5.41, 5.74) is 3.68. The zero-order valence-corrected chi connectivity index (χ0v) is 15.6. The first-order valence-electron chi connectivity index (χ1n) is 9.35. The zero-order valence-electron chi connectivity index (χ0n) is 15.6. The SMILES string of the molecule is CCNC(=NCc1c(CC)nn(C)c1CC)NC1CCC(O)CC1. The summed E-state index contributed by atoms with van der Waals surface area (Å²) in [6.07, 6.45) is 5.52. The summed E-state index contributed by atoms with van der Waals surface area (Å²) in [6, 6.07) is 0.399. The Balaban J connectivity index is 2.08. The van der Waals surface area contributed by atoms with E-state index in [1.165, 1.54) is 11.3 Å². The summed E-state index contributed by atoms with van der Waals surface area (Å²) in [7, 11) is 2.02. The largest absolute Gasteiger partial charge is 0.393 e. The Morgan fingerprint density at radius 1 is 1.21 bits per heavy atom. The van der Waals surface area contributed by atoms with E-state index in [-0.39, 0.29) is 6.10 Å². The lowest BCUT2D eigenvalue weighted by molar-refractivity contribution is 0.120. The standard InChI is InChI=1S/C18H33N5O/c1-5-16-15(17(6-2)23(4)22-16)12-20-18(19-7-3)21-13-8-10-14(24)11-9-13/h13-14,24H,5-12H2,1-4H3,(H2,19,20,21). The first kappa shape index (κ1) is 18.8. The smallest absolute Gasteiger partial charge is 0.191 e. The predicted octanol–water partition coefficient (Wildman–Crippen LogP) is 1.90. The molecule has 0 bridgehead atoms. The van der Waals surface area contributed by atoms with Crippen LogP contribution < -0.4 is 10.6 Å². The molecule has 0 unspecified atom stereocenters. The third-order valence-electron chi connectivity index (χ3n) is 4.80. The molecule has 2 rings (SSSR count).